The fourth-order valence-corrected chi connectivity index (χ4v) is 22.5. The van der Waals surface area contributed by atoms with Gasteiger partial charge >= 0.3 is 0 Å². The van der Waals surface area contributed by atoms with E-state index in [1.807, 2.05) is 83.1 Å². The van der Waals surface area contributed by atoms with Gasteiger partial charge in [0, 0.05) is 37.9 Å². The summed E-state index contributed by atoms with van der Waals surface area (Å²) in [6, 6.07) is 0.0243. The molecule has 0 radical (unpaired) electrons. The Morgan fingerprint density at radius 3 is 1.07 bits per heavy atom. The Kier molecular flexibility index (Phi) is 46.5. The van der Waals surface area contributed by atoms with E-state index in [1.165, 1.54) is 58.5 Å². The van der Waals surface area contributed by atoms with Crippen LogP contribution < -0.4 is 18.9 Å². The SMILES string of the molecule is CC(C)CS(=O)(=O)C1CCC1.CC(C)CS(=O)(=O)CC1CCCCC1.CC(C)NS(=O)(=O)C1CC1.CC(C)NS(=O)(=O)CC1CCCC1.CC(C)NS(=O)(=O)CC1CCCCC1.CCCCOCCS(=O)(=O)NC(C)C.COCCS(=O)(=O)CC(C)C. The van der Waals surface area contributed by atoms with Crippen molar-refractivity contribution in [3.63, 3.8) is 0 Å². The molecule has 27 heteroatoms. The molecule has 20 nitrogen and oxygen atoms in total. The van der Waals surface area contributed by atoms with Gasteiger partial charge in [-0.2, -0.15) is 0 Å². The topological polar surface area (TPSA) is 306 Å². The Morgan fingerprint density at radius 1 is 0.368 bits per heavy atom. The van der Waals surface area contributed by atoms with Crippen LogP contribution in [0.3, 0.4) is 0 Å². The molecule has 87 heavy (non-hydrogen) atoms. The van der Waals surface area contributed by atoms with Crippen LogP contribution in [0.2, 0.25) is 0 Å². The lowest BCUT2D eigenvalue weighted by molar-refractivity contribution is 0.145. The second-order valence-electron chi connectivity index (χ2n) is 27.1. The Hall–Kier alpha value is -0.590. The molecule has 5 saturated carbocycles. The zero-order valence-electron chi connectivity index (χ0n) is 56.9. The van der Waals surface area contributed by atoms with Crippen molar-refractivity contribution in [3.8, 4) is 0 Å². The van der Waals surface area contributed by atoms with E-state index >= 15 is 0 Å². The third-order valence-corrected chi connectivity index (χ3v) is 27.9. The van der Waals surface area contributed by atoms with Crippen LogP contribution in [0.4, 0.5) is 0 Å². The van der Waals surface area contributed by atoms with E-state index in [9.17, 15) is 58.9 Å². The molecule has 0 aromatic heterocycles. The number of ether oxygens (including phenoxy) is 2. The predicted octanol–water partition coefficient (Wildman–Crippen LogP) is 9.96. The van der Waals surface area contributed by atoms with Crippen molar-refractivity contribution in [1.29, 1.82) is 0 Å². The fraction of sp³-hybridized carbons (Fsp3) is 1.00. The summed E-state index contributed by atoms with van der Waals surface area (Å²) in [5, 5.41) is -0.0835. The summed E-state index contributed by atoms with van der Waals surface area (Å²) in [6.45, 7) is 29.6. The van der Waals surface area contributed by atoms with Gasteiger partial charge < -0.3 is 9.47 Å². The summed E-state index contributed by atoms with van der Waals surface area (Å²) in [5.74, 6) is 4.26. The second-order valence-corrected chi connectivity index (χ2v) is 41.3. The molecule has 0 spiro atoms. The first kappa shape index (κ1) is 88.5. The number of nitrogens with one attached hydrogen (secondary N) is 4. The lowest BCUT2D eigenvalue weighted by atomic mass is 9.91. The summed E-state index contributed by atoms with van der Waals surface area (Å²) in [6.07, 6.45) is 23.0. The van der Waals surface area contributed by atoms with Gasteiger partial charge in [-0.15, -0.1) is 0 Å². The molecule has 0 aromatic rings. The molecule has 0 heterocycles. The predicted molar refractivity (Wildman–Crippen MR) is 362 cm³/mol. The van der Waals surface area contributed by atoms with Gasteiger partial charge in [0.25, 0.3) is 0 Å². The van der Waals surface area contributed by atoms with Gasteiger partial charge in [0.2, 0.25) is 40.1 Å². The van der Waals surface area contributed by atoms with Crippen LogP contribution in [-0.2, 0) is 79.1 Å². The van der Waals surface area contributed by atoms with Crippen molar-refractivity contribution in [3.05, 3.63) is 0 Å². The van der Waals surface area contributed by atoms with E-state index in [2.05, 4.69) is 30.5 Å². The average Bonchev–Trinajstić information content (AvgIpc) is 3.86. The molecule has 0 bridgehead atoms. The number of methoxy groups -OCH3 is 1. The van der Waals surface area contributed by atoms with E-state index in [-0.39, 0.29) is 76.3 Å². The summed E-state index contributed by atoms with van der Waals surface area (Å²) in [5.41, 5.74) is 0. The van der Waals surface area contributed by atoms with Crippen LogP contribution >= 0.6 is 0 Å². The number of hydrogen-bond donors (Lipinski definition) is 4. The maximum Gasteiger partial charge on any atom is 0.214 e. The average molecular weight is 1390 g/mol. The molecule has 0 aromatic carbocycles. The monoisotopic (exact) mass is 1380 g/mol. The standard InChI is InChI=1S/C11H22O2S.C10H21NO2S.C9H21NO3S.C9H19NO2S.C8H16O2S.C7H16O3S.C6H13NO2S/c1-10(2)8-14(12,13)9-11-6-4-3-5-7-11;1-9(2)11-14(12,13)8-10-6-4-3-5-7-10;1-4-5-6-13-7-8-14(11,12)10-9(2)3;1-8(2)10-13(11,12)7-9-5-3-4-6-9;1-7(2)6-11(9,10)8-4-3-5-8;1-7(2)6-11(8,9)5-4-10-3;1-5(2)7-10(8,9)6-3-4-6/h10-11H,3-9H2,1-2H3;9-11H,3-8H2,1-2H3;9-10H,4-8H2,1-3H3;8-10H,3-7H2,1-2H3;7-8H,3-6H2,1-2H3;7H,4-6H2,1-3H3;5-7H,3-4H2,1-2H3. The van der Waals surface area contributed by atoms with E-state index in [0.717, 1.165) is 83.5 Å². The Balaban J connectivity index is 0. The minimum atomic E-state index is -3.14. The summed E-state index contributed by atoms with van der Waals surface area (Å²) in [7, 11) is -19.0. The molecule has 0 unspecified atom stereocenters. The number of rotatable bonds is 31. The van der Waals surface area contributed by atoms with Gasteiger partial charge in [-0.05, 0) is 162 Å². The Bertz CT molecular complexity index is 2520. The molecule has 526 valence electrons. The van der Waals surface area contributed by atoms with E-state index in [4.69, 9.17) is 4.74 Å². The highest BCUT2D eigenvalue weighted by molar-refractivity contribution is 7.92. The van der Waals surface area contributed by atoms with Gasteiger partial charge in [0.1, 0.15) is 0 Å². The molecular weight excluding hydrogens is 1260 g/mol. The fourth-order valence-electron chi connectivity index (χ4n) is 10.1. The summed E-state index contributed by atoms with van der Waals surface area (Å²) < 4.78 is 180. The third kappa shape index (κ3) is 52.5. The van der Waals surface area contributed by atoms with Crippen LogP contribution in [0.1, 0.15) is 239 Å². The van der Waals surface area contributed by atoms with Crippen molar-refractivity contribution < 1.29 is 68.4 Å². The van der Waals surface area contributed by atoms with Crippen molar-refractivity contribution in [1.82, 2.24) is 18.9 Å². The van der Waals surface area contributed by atoms with Crippen LogP contribution in [0.5, 0.6) is 0 Å². The van der Waals surface area contributed by atoms with Gasteiger partial charge in [-0.3, -0.25) is 0 Å². The zero-order chi connectivity index (χ0) is 67.3. The maximum absolute atomic E-state index is 11.7. The van der Waals surface area contributed by atoms with Gasteiger partial charge in [-0.1, -0.05) is 113 Å². The molecule has 5 rings (SSSR count). The number of sulfonamides is 4. The highest BCUT2D eigenvalue weighted by atomic mass is 32.2. The summed E-state index contributed by atoms with van der Waals surface area (Å²) >= 11 is 0. The minimum Gasteiger partial charge on any atom is -0.384 e. The lowest BCUT2D eigenvalue weighted by Crippen LogP contribution is -2.35. The molecule has 5 aliphatic rings. The maximum atomic E-state index is 11.7. The molecule has 5 fully saturated rings. The summed E-state index contributed by atoms with van der Waals surface area (Å²) in [4.78, 5) is 0. The van der Waals surface area contributed by atoms with Crippen molar-refractivity contribution in [2.45, 2.75) is 273 Å². The van der Waals surface area contributed by atoms with Gasteiger partial charge in [-0.25, -0.2) is 77.8 Å². The van der Waals surface area contributed by atoms with Crippen molar-refractivity contribution in [2.75, 3.05) is 73.0 Å². The van der Waals surface area contributed by atoms with E-state index < -0.39 is 69.6 Å². The Labute approximate surface area is 535 Å². The van der Waals surface area contributed by atoms with Crippen LogP contribution in [-0.4, -0.2) is 167 Å². The third-order valence-electron chi connectivity index (χ3n) is 14.0. The largest absolute Gasteiger partial charge is 0.384 e. The first-order chi connectivity index (χ1) is 40.0. The molecule has 0 amide bonds. The van der Waals surface area contributed by atoms with Crippen LogP contribution in [0, 0.1) is 35.5 Å². The van der Waals surface area contributed by atoms with Crippen LogP contribution in [0.25, 0.3) is 0 Å². The molecule has 0 saturated heterocycles. The first-order valence-electron chi connectivity index (χ1n) is 32.7. The lowest BCUT2D eigenvalue weighted by Gasteiger charge is -2.25. The highest BCUT2D eigenvalue weighted by Crippen LogP contribution is 2.30. The van der Waals surface area contributed by atoms with E-state index in [0.29, 0.717) is 59.7 Å². The molecule has 0 aliphatic heterocycles. The van der Waals surface area contributed by atoms with Crippen molar-refractivity contribution in [2.24, 2.45) is 35.5 Å². The second kappa shape index (κ2) is 45.7. The number of unbranched alkanes of at least 4 members (excludes halogenated alkanes) is 1. The van der Waals surface area contributed by atoms with Gasteiger partial charge in [0.15, 0.2) is 29.5 Å². The molecule has 5 aliphatic carbocycles. The first-order valence-corrected chi connectivity index (χ1v) is 44.5. The van der Waals surface area contributed by atoms with E-state index in [1.54, 1.807) is 13.8 Å². The highest BCUT2D eigenvalue weighted by Gasteiger charge is 2.36. The smallest absolute Gasteiger partial charge is 0.214 e. The molecule has 4 N–H and O–H groups in total. The van der Waals surface area contributed by atoms with Crippen molar-refractivity contribution >= 4 is 69.6 Å². The van der Waals surface area contributed by atoms with Gasteiger partial charge in [0.05, 0.1) is 69.7 Å². The molecule has 0 atom stereocenters. The molecular formula is C60H128N4O16S7. The normalized spacial score (nSPS) is 17.9. The number of sulfone groups is 3. The quantitative estimate of drug-likeness (QED) is 0.0469. The zero-order valence-corrected chi connectivity index (χ0v) is 62.7. The Morgan fingerprint density at radius 2 is 0.736 bits per heavy atom. The van der Waals surface area contributed by atoms with Crippen LogP contribution in [0.15, 0.2) is 0 Å². The number of hydrogen-bond acceptors (Lipinski definition) is 16. The minimum absolute atomic E-state index is 0.00454.